The zero-order chi connectivity index (χ0) is 10.6. The molecule has 0 heterocycles. The van der Waals surface area contributed by atoms with Gasteiger partial charge in [0.05, 0.1) is 0 Å². The average molecular weight is 190 g/mol. The van der Waals surface area contributed by atoms with Crippen molar-refractivity contribution in [3.63, 3.8) is 0 Å². The lowest BCUT2D eigenvalue weighted by molar-refractivity contribution is -0.113. The normalized spacial score (nSPS) is 10.9. The highest BCUT2D eigenvalue weighted by Gasteiger charge is 1.93. The Balaban J connectivity index is 3.32. The highest BCUT2D eigenvalue weighted by atomic mass is 16.1. The van der Waals surface area contributed by atoms with Crippen LogP contribution in [0.15, 0.2) is 24.3 Å². The van der Waals surface area contributed by atoms with Crippen LogP contribution < -0.4 is 0 Å². The van der Waals surface area contributed by atoms with E-state index in [1.807, 2.05) is 0 Å². The molecule has 0 aromatic carbocycles. The third kappa shape index (κ3) is 8.80. The summed E-state index contributed by atoms with van der Waals surface area (Å²) in [5.74, 6) is 2.02. The predicted molar refractivity (Wildman–Crippen MR) is 60.9 cm³/mol. The lowest BCUT2D eigenvalue weighted by atomic mass is 10.1. The second-order valence-corrected chi connectivity index (χ2v) is 3.05. The standard InChI is InChI=1S/C13H18O/c1-3-5-6-7-8-9-10-11-12-13(14)4-2/h2,5-6,8-9H,3,7,10-12H2,1H3/b6-5-,9-8-. The number of hydrogen-bond acceptors (Lipinski definition) is 1. The average Bonchev–Trinajstić information content (AvgIpc) is 2.21. The quantitative estimate of drug-likeness (QED) is 0.260. The summed E-state index contributed by atoms with van der Waals surface area (Å²) < 4.78 is 0. The van der Waals surface area contributed by atoms with Gasteiger partial charge in [0.25, 0.3) is 0 Å². The van der Waals surface area contributed by atoms with Gasteiger partial charge in [0.15, 0.2) is 0 Å². The monoisotopic (exact) mass is 190 g/mol. The Hall–Kier alpha value is -1.29. The van der Waals surface area contributed by atoms with Crippen LogP contribution in [0.1, 0.15) is 39.0 Å². The summed E-state index contributed by atoms with van der Waals surface area (Å²) in [6.07, 6.45) is 17.8. The first-order chi connectivity index (χ1) is 6.81. The molecule has 0 rings (SSSR count). The number of terminal acetylenes is 1. The molecule has 0 radical (unpaired) electrons. The molecule has 0 spiro atoms. The van der Waals surface area contributed by atoms with Crippen molar-refractivity contribution in [2.45, 2.75) is 39.0 Å². The summed E-state index contributed by atoms with van der Waals surface area (Å²) >= 11 is 0. The van der Waals surface area contributed by atoms with Crippen molar-refractivity contribution in [1.29, 1.82) is 0 Å². The van der Waals surface area contributed by atoms with Crippen LogP contribution >= 0.6 is 0 Å². The lowest BCUT2D eigenvalue weighted by Gasteiger charge is -1.90. The van der Waals surface area contributed by atoms with Crippen molar-refractivity contribution in [2.24, 2.45) is 0 Å². The third-order valence-corrected chi connectivity index (χ3v) is 1.78. The maximum absolute atomic E-state index is 10.7. The molecule has 0 aliphatic rings. The minimum absolute atomic E-state index is 0.0933. The van der Waals surface area contributed by atoms with Gasteiger partial charge >= 0.3 is 0 Å². The maximum Gasteiger partial charge on any atom is 0.205 e. The molecule has 0 atom stereocenters. The van der Waals surface area contributed by atoms with Crippen molar-refractivity contribution >= 4 is 5.78 Å². The Bertz CT molecular complexity index is 240. The van der Waals surface area contributed by atoms with Gasteiger partial charge in [-0.3, -0.25) is 4.79 Å². The molecule has 0 saturated heterocycles. The predicted octanol–water partition coefficient (Wildman–Crippen LogP) is 3.27. The topological polar surface area (TPSA) is 17.1 Å². The second kappa shape index (κ2) is 9.80. The van der Waals surface area contributed by atoms with Crippen LogP contribution in [0.2, 0.25) is 0 Å². The SMILES string of the molecule is C#CC(=O)CCC/C=C\C/C=C\CC. The van der Waals surface area contributed by atoms with Gasteiger partial charge in [-0.1, -0.05) is 31.2 Å². The molecule has 0 aliphatic carbocycles. The van der Waals surface area contributed by atoms with Gasteiger partial charge < -0.3 is 0 Å². The molecule has 1 heteroatoms. The van der Waals surface area contributed by atoms with Gasteiger partial charge in [0.1, 0.15) is 0 Å². The largest absolute Gasteiger partial charge is 0.285 e. The molecule has 0 aromatic heterocycles. The Morgan fingerprint density at radius 3 is 2.64 bits per heavy atom. The van der Waals surface area contributed by atoms with Crippen LogP contribution in [0.25, 0.3) is 0 Å². The van der Waals surface area contributed by atoms with E-state index in [9.17, 15) is 4.79 Å². The number of ketones is 1. The first-order valence-electron chi connectivity index (χ1n) is 5.10. The molecule has 0 N–H and O–H groups in total. The second-order valence-electron chi connectivity index (χ2n) is 3.05. The van der Waals surface area contributed by atoms with E-state index < -0.39 is 0 Å². The highest BCUT2D eigenvalue weighted by Crippen LogP contribution is 1.98. The van der Waals surface area contributed by atoms with E-state index in [0.29, 0.717) is 6.42 Å². The van der Waals surface area contributed by atoms with Gasteiger partial charge in [-0.25, -0.2) is 0 Å². The van der Waals surface area contributed by atoms with E-state index in [-0.39, 0.29) is 5.78 Å². The number of Topliss-reactive ketones (excluding diaryl/α,β-unsaturated/α-hetero) is 1. The minimum Gasteiger partial charge on any atom is -0.285 e. The molecule has 0 fully saturated rings. The Morgan fingerprint density at radius 2 is 2.00 bits per heavy atom. The molecular weight excluding hydrogens is 172 g/mol. The molecule has 0 aliphatic heterocycles. The van der Waals surface area contributed by atoms with Crippen LogP contribution in [-0.4, -0.2) is 5.78 Å². The summed E-state index contributed by atoms with van der Waals surface area (Å²) in [6.45, 7) is 2.12. The van der Waals surface area contributed by atoms with Gasteiger partial charge in [-0.2, -0.15) is 0 Å². The first-order valence-corrected chi connectivity index (χ1v) is 5.10. The number of rotatable bonds is 7. The van der Waals surface area contributed by atoms with Gasteiger partial charge in [-0.15, -0.1) is 6.42 Å². The number of carbonyl (C=O) groups is 1. The van der Waals surface area contributed by atoms with Crippen LogP contribution in [0.3, 0.4) is 0 Å². The van der Waals surface area contributed by atoms with E-state index in [0.717, 1.165) is 25.7 Å². The summed E-state index contributed by atoms with van der Waals surface area (Å²) in [7, 11) is 0. The van der Waals surface area contributed by atoms with Crippen LogP contribution in [0.5, 0.6) is 0 Å². The molecule has 0 saturated carbocycles. The zero-order valence-corrected chi connectivity index (χ0v) is 8.83. The van der Waals surface area contributed by atoms with Crippen molar-refractivity contribution in [3.05, 3.63) is 24.3 Å². The first kappa shape index (κ1) is 12.7. The molecule has 0 amide bonds. The fraction of sp³-hybridized carbons (Fsp3) is 0.462. The van der Waals surface area contributed by atoms with E-state index in [2.05, 4.69) is 37.1 Å². The lowest BCUT2D eigenvalue weighted by Crippen LogP contribution is -1.90. The van der Waals surface area contributed by atoms with E-state index in [4.69, 9.17) is 6.42 Å². The molecule has 76 valence electrons. The minimum atomic E-state index is -0.0933. The number of hydrogen-bond donors (Lipinski definition) is 0. The third-order valence-electron chi connectivity index (χ3n) is 1.78. The Labute approximate surface area is 86.9 Å². The zero-order valence-electron chi connectivity index (χ0n) is 8.83. The van der Waals surface area contributed by atoms with Gasteiger partial charge in [0, 0.05) is 6.42 Å². The molecule has 0 unspecified atom stereocenters. The van der Waals surface area contributed by atoms with Crippen molar-refractivity contribution in [1.82, 2.24) is 0 Å². The highest BCUT2D eigenvalue weighted by molar-refractivity contribution is 5.94. The van der Waals surface area contributed by atoms with Gasteiger partial charge in [-0.05, 0) is 31.6 Å². The van der Waals surface area contributed by atoms with Crippen molar-refractivity contribution in [3.8, 4) is 12.3 Å². The number of carbonyl (C=O) groups excluding carboxylic acids is 1. The Morgan fingerprint density at radius 1 is 1.29 bits per heavy atom. The summed E-state index contributed by atoms with van der Waals surface area (Å²) in [5.41, 5.74) is 0. The molecule has 0 bridgehead atoms. The summed E-state index contributed by atoms with van der Waals surface area (Å²) in [4.78, 5) is 10.7. The van der Waals surface area contributed by atoms with Crippen LogP contribution in [0, 0.1) is 12.3 Å². The molecule has 0 aromatic rings. The van der Waals surface area contributed by atoms with E-state index in [1.165, 1.54) is 0 Å². The summed E-state index contributed by atoms with van der Waals surface area (Å²) in [5, 5.41) is 0. The van der Waals surface area contributed by atoms with E-state index >= 15 is 0 Å². The fourth-order valence-corrected chi connectivity index (χ4v) is 1.01. The number of unbranched alkanes of at least 4 members (excludes halogenated alkanes) is 1. The fourth-order valence-electron chi connectivity index (χ4n) is 1.01. The van der Waals surface area contributed by atoms with Crippen molar-refractivity contribution < 1.29 is 4.79 Å². The smallest absolute Gasteiger partial charge is 0.205 e. The molecular formula is C13H18O. The maximum atomic E-state index is 10.7. The van der Waals surface area contributed by atoms with E-state index in [1.54, 1.807) is 0 Å². The van der Waals surface area contributed by atoms with Crippen LogP contribution in [0.4, 0.5) is 0 Å². The molecule has 14 heavy (non-hydrogen) atoms. The Kier molecular flexibility index (Phi) is 8.89. The van der Waals surface area contributed by atoms with Gasteiger partial charge in [0.2, 0.25) is 5.78 Å². The number of allylic oxidation sites excluding steroid dienone is 4. The summed E-state index contributed by atoms with van der Waals surface area (Å²) in [6, 6.07) is 0. The van der Waals surface area contributed by atoms with Crippen molar-refractivity contribution in [2.75, 3.05) is 0 Å². The van der Waals surface area contributed by atoms with Crippen LogP contribution in [-0.2, 0) is 4.79 Å². The molecule has 1 nitrogen and oxygen atoms in total.